The molecule has 0 unspecified atom stereocenters. The Labute approximate surface area is 111 Å². The second-order valence-electron chi connectivity index (χ2n) is 5.10. The number of carbonyl (C=O) groups is 2. The Morgan fingerprint density at radius 1 is 1.58 bits per heavy atom. The smallest absolute Gasteiger partial charge is 0.316 e. The summed E-state index contributed by atoms with van der Waals surface area (Å²) in [4.78, 5) is 27.5. The summed E-state index contributed by atoms with van der Waals surface area (Å²) in [5.41, 5.74) is -0.689. The highest BCUT2D eigenvalue weighted by molar-refractivity contribution is 6.15. The van der Waals surface area contributed by atoms with E-state index in [2.05, 4.69) is 9.73 Å². The fourth-order valence-corrected chi connectivity index (χ4v) is 2.18. The van der Waals surface area contributed by atoms with Crippen LogP contribution in [0.3, 0.4) is 0 Å². The summed E-state index contributed by atoms with van der Waals surface area (Å²) in [7, 11) is 1.24. The van der Waals surface area contributed by atoms with Crippen LogP contribution in [-0.4, -0.2) is 48.4 Å². The first-order chi connectivity index (χ1) is 8.85. The highest BCUT2D eigenvalue weighted by Gasteiger charge is 2.46. The van der Waals surface area contributed by atoms with Gasteiger partial charge in [0.25, 0.3) is 0 Å². The molecule has 0 aromatic carbocycles. The molecular weight excluding hydrogens is 250 g/mol. The van der Waals surface area contributed by atoms with Gasteiger partial charge in [0.1, 0.15) is 11.7 Å². The molecule has 0 aliphatic heterocycles. The molecule has 0 spiro atoms. The summed E-state index contributed by atoms with van der Waals surface area (Å²) in [6, 6.07) is 0. The van der Waals surface area contributed by atoms with Crippen LogP contribution in [-0.2, 0) is 14.3 Å². The second-order valence-corrected chi connectivity index (χ2v) is 5.10. The number of carbonyl (C=O) groups excluding carboxylic acids is 2. The number of hydrogen-bond acceptors (Lipinski definition) is 6. The Balaban J connectivity index is 3.19. The lowest BCUT2D eigenvalue weighted by Crippen LogP contribution is -2.40. The lowest BCUT2D eigenvalue weighted by Gasteiger charge is -2.35. The maximum absolute atomic E-state index is 11.9. The van der Waals surface area contributed by atoms with Crippen molar-refractivity contribution >= 4 is 18.0 Å². The van der Waals surface area contributed by atoms with Crippen molar-refractivity contribution in [2.24, 2.45) is 16.3 Å². The molecular formula is C13H19NO5. The van der Waals surface area contributed by atoms with Crippen LogP contribution in [0.2, 0.25) is 0 Å². The van der Waals surface area contributed by atoms with Crippen LogP contribution in [0.1, 0.15) is 20.3 Å². The van der Waals surface area contributed by atoms with Gasteiger partial charge in [0.2, 0.25) is 0 Å². The van der Waals surface area contributed by atoms with Gasteiger partial charge in [0, 0.05) is 12.6 Å². The zero-order valence-corrected chi connectivity index (χ0v) is 11.3. The lowest BCUT2D eigenvalue weighted by molar-refractivity contribution is -0.150. The molecule has 6 nitrogen and oxygen atoms in total. The fourth-order valence-electron chi connectivity index (χ4n) is 2.18. The molecule has 1 atom stereocenters. The largest absolute Gasteiger partial charge is 0.511 e. The zero-order valence-electron chi connectivity index (χ0n) is 11.3. The van der Waals surface area contributed by atoms with E-state index in [-0.39, 0.29) is 36.7 Å². The molecule has 0 bridgehead atoms. The predicted molar refractivity (Wildman–Crippen MR) is 69.0 cm³/mol. The molecule has 2 N–H and O–H groups in total. The average molecular weight is 269 g/mol. The second kappa shape index (κ2) is 5.97. The van der Waals surface area contributed by atoms with Crippen LogP contribution < -0.4 is 0 Å². The molecule has 0 amide bonds. The standard InChI is InChI=1S/C13H19NO5/c1-13(2)6-9(16)8(7-14-4-5-15)11(17)10(13)12(18)19-3/h7,10,15,17H,4-6H2,1-3H3/t10-/m1/s1. The molecule has 19 heavy (non-hydrogen) atoms. The quantitative estimate of drug-likeness (QED) is 0.577. The molecule has 0 fully saturated rings. The van der Waals surface area contributed by atoms with Crippen molar-refractivity contribution in [1.82, 2.24) is 0 Å². The number of rotatable bonds is 4. The maximum atomic E-state index is 11.9. The van der Waals surface area contributed by atoms with Gasteiger partial charge in [-0.3, -0.25) is 14.6 Å². The minimum absolute atomic E-state index is 0.0168. The van der Waals surface area contributed by atoms with Crippen molar-refractivity contribution in [1.29, 1.82) is 0 Å². The Morgan fingerprint density at radius 2 is 2.21 bits per heavy atom. The number of nitrogens with zero attached hydrogens (tertiary/aromatic N) is 1. The van der Waals surface area contributed by atoms with Crippen molar-refractivity contribution < 1.29 is 24.5 Å². The number of aliphatic hydroxyl groups is 2. The molecule has 1 aliphatic rings. The third-order valence-corrected chi connectivity index (χ3v) is 3.13. The van der Waals surface area contributed by atoms with Crippen molar-refractivity contribution in [3.63, 3.8) is 0 Å². The van der Waals surface area contributed by atoms with E-state index >= 15 is 0 Å². The van der Waals surface area contributed by atoms with Gasteiger partial charge < -0.3 is 14.9 Å². The highest BCUT2D eigenvalue weighted by atomic mass is 16.5. The molecule has 0 heterocycles. The monoisotopic (exact) mass is 269 g/mol. The number of methoxy groups -OCH3 is 1. The molecule has 106 valence electrons. The third-order valence-electron chi connectivity index (χ3n) is 3.13. The molecule has 6 heteroatoms. The third kappa shape index (κ3) is 3.20. The van der Waals surface area contributed by atoms with Crippen LogP contribution in [0.15, 0.2) is 16.3 Å². The predicted octanol–water partition coefficient (Wildman–Crippen LogP) is 0.650. The average Bonchev–Trinajstić information content (AvgIpc) is 2.31. The Bertz CT molecular complexity index is 436. The molecule has 0 aromatic heterocycles. The minimum Gasteiger partial charge on any atom is -0.511 e. The Kier molecular flexibility index (Phi) is 4.83. The van der Waals surface area contributed by atoms with E-state index in [0.29, 0.717) is 0 Å². The molecule has 0 saturated heterocycles. The van der Waals surface area contributed by atoms with E-state index in [9.17, 15) is 14.7 Å². The summed E-state index contributed by atoms with van der Waals surface area (Å²) in [5.74, 6) is -2.05. The molecule has 0 aromatic rings. The summed E-state index contributed by atoms with van der Waals surface area (Å²) in [5, 5.41) is 18.8. The van der Waals surface area contributed by atoms with Crippen molar-refractivity contribution in [2.75, 3.05) is 20.3 Å². The molecule has 0 saturated carbocycles. The summed E-state index contributed by atoms with van der Waals surface area (Å²) >= 11 is 0. The van der Waals surface area contributed by atoms with Gasteiger partial charge in [-0.15, -0.1) is 0 Å². The SMILES string of the molecule is COC(=O)[C@H]1C(O)=C(C=NCCO)C(=O)CC1(C)C. The fraction of sp³-hybridized carbons (Fsp3) is 0.615. The van der Waals surface area contributed by atoms with Gasteiger partial charge in [-0.25, -0.2) is 0 Å². The van der Waals surface area contributed by atoms with Crippen LogP contribution in [0.25, 0.3) is 0 Å². The van der Waals surface area contributed by atoms with Crippen LogP contribution in [0.4, 0.5) is 0 Å². The van der Waals surface area contributed by atoms with Gasteiger partial charge in [-0.1, -0.05) is 13.8 Å². The zero-order chi connectivity index (χ0) is 14.6. The number of aliphatic imine (C=N–C) groups is 1. The number of hydrogen-bond donors (Lipinski definition) is 2. The number of ketones is 1. The normalized spacial score (nSPS) is 22.9. The van der Waals surface area contributed by atoms with E-state index in [1.165, 1.54) is 13.3 Å². The molecule has 1 rings (SSSR count). The maximum Gasteiger partial charge on any atom is 0.316 e. The van der Waals surface area contributed by atoms with Crippen LogP contribution in [0, 0.1) is 11.3 Å². The van der Waals surface area contributed by atoms with E-state index in [0.717, 1.165) is 0 Å². The Hall–Kier alpha value is -1.69. The van der Waals surface area contributed by atoms with E-state index in [1.54, 1.807) is 13.8 Å². The molecule has 0 radical (unpaired) electrons. The number of aliphatic hydroxyl groups excluding tert-OH is 2. The van der Waals surface area contributed by atoms with E-state index in [4.69, 9.17) is 5.11 Å². The number of ether oxygens (including phenoxy) is 1. The Morgan fingerprint density at radius 3 is 2.74 bits per heavy atom. The highest BCUT2D eigenvalue weighted by Crippen LogP contribution is 2.41. The van der Waals surface area contributed by atoms with Gasteiger partial charge in [-0.2, -0.15) is 0 Å². The van der Waals surface area contributed by atoms with Crippen molar-refractivity contribution in [2.45, 2.75) is 20.3 Å². The van der Waals surface area contributed by atoms with Crippen LogP contribution in [0.5, 0.6) is 0 Å². The van der Waals surface area contributed by atoms with E-state index in [1.807, 2.05) is 0 Å². The number of Topliss-reactive ketones (excluding diaryl/α,β-unsaturated/α-hetero) is 1. The topological polar surface area (TPSA) is 96.2 Å². The summed E-state index contributed by atoms with van der Waals surface area (Å²) in [6.45, 7) is 3.44. The van der Waals surface area contributed by atoms with Gasteiger partial charge in [0.15, 0.2) is 5.78 Å². The lowest BCUT2D eigenvalue weighted by atomic mass is 9.68. The molecule has 1 aliphatic carbocycles. The summed E-state index contributed by atoms with van der Waals surface area (Å²) in [6.07, 6.45) is 1.33. The van der Waals surface area contributed by atoms with Gasteiger partial charge in [-0.05, 0) is 5.41 Å². The van der Waals surface area contributed by atoms with E-state index < -0.39 is 17.3 Å². The van der Waals surface area contributed by atoms with Crippen LogP contribution >= 0.6 is 0 Å². The first-order valence-electron chi connectivity index (χ1n) is 6.00. The summed E-state index contributed by atoms with van der Waals surface area (Å²) < 4.78 is 4.68. The minimum atomic E-state index is -0.884. The van der Waals surface area contributed by atoms with Crippen molar-refractivity contribution in [3.8, 4) is 0 Å². The number of esters is 1. The van der Waals surface area contributed by atoms with Gasteiger partial charge >= 0.3 is 5.97 Å². The first kappa shape index (κ1) is 15.4. The van der Waals surface area contributed by atoms with Crippen molar-refractivity contribution in [3.05, 3.63) is 11.3 Å². The number of allylic oxidation sites excluding steroid dienone is 1. The van der Waals surface area contributed by atoms with Gasteiger partial charge in [0.05, 0.1) is 25.8 Å². The first-order valence-corrected chi connectivity index (χ1v) is 6.00.